The van der Waals surface area contributed by atoms with Crippen LogP contribution in [0, 0.1) is 0 Å². The number of hydrogen-bond acceptors (Lipinski definition) is 3. The third-order valence-electron chi connectivity index (χ3n) is 3.23. The summed E-state index contributed by atoms with van der Waals surface area (Å²) >= 11 is 0. The van der Waals surface area contributed by atoms with Gasteiger partial charge >= 0.3 is 5.97 Å². The molecule has 1 aromatic carbocycles. The quantitative estimate of drug-likeness (QED) is 0.748. The van der Waals surface area contributed by atoms with Gasteiger partial charge in [-0.15, -0.1) is 0 Å². The van der Waals surface area contributed by atoms with Crippen LogP contribution in [-0.2, 0) is 17.6 Å². The van der Waals surface area contributed by atoms with Crippen molar-refractivity contribution < 1.29 is 14.7 Å². The highest BCUT2D eigenvalue weighted by atomic mass is 16.4. The van der Waals surface area contributed by atoms with Crippen molar-refractivity contribution in [1.82, 2.24) is 15.3 Å². The standard InChI is InChI=1S/C15H17N3O3/c1-2-10-5-3-4-6-12(10)14(19)18-13(15(20)21)7-11-8-16-9-17-11/h3-6,8-9,13H,2,7H2,1H3,(H,16,17)(H,18,19)(H,20,21). The van der Waals surface area contributed by atoms with E-state index in [4.69, 9.17) is 0 Å². The number of nitrogens with one attached hydrogen (secondary N) is 2. The van der Waals surface area contributed by atoms with Gasteiger partial charge in [0.2, 0.25) is 0 Å². The highest BCUT2D eigenvalue weighted by Crippen LogP contribution is 2.10. The van der Waals surface area contributed by atoms with Crippen molar-refractivity contribution in [1.29, 1.82) is 0 Å². The van der Waals surface area contributed by atoms with Crippen LogP contribution in [0.5, 0.6) is 0 Å². The van der Waals surface area contributed by atoms with Crippen molar-refractivity contribution in [3.63, 3.8) is 0 Å². The molecule has 3 N–H and O–H groups in total. The lowest BCUT2D eigenvalue weighted by Gasteiger charge is -2.15. The van der Waals surface area contributed by atoms with E-state index in [0.29, 0.717) is 17.7 Å². The van der Waals surface area contributed by atoms with Crippen molar-refractivity contribution in [3.05, 3.63) is 53.6 Å². The van der Waals surface area contributed by atoms with Crippen molar-refractivity contribution in [2.24, 2.45) is 0 Å². The molecule has 0 bridgehead atoms. The molecule has 2 rings (SSSR count). The zero-order chi connectivity index (χ0) is 15.2. The number of carboxylic acids is 1. The van der Waals surface area contributed by atoms with E-state index in [1.807, 2.05) is 19.1 Å². The minimum atomic E-state index is -1.08. The summed E-state index contributed by atoms with van der Waals surface area (Å²) in [6, 6.07) is 6.18. The molecule has 6 heteroatoms. The topological polar surface area (TPSA) is 95.1 Å². The number of aliphatic carboxylic acids is 1. The van der Waals surface area contributed by atoms with Gasteiger partial charge in [-0.25, -0.2) is 9.78 Å². The van der Waals surface area contributed by atoms with Crippen LogP contribution < -0.4 is 5.32 Å². The molecule has 6 nitrogen and oxygen atoms in total. The SMILES string of the molecule is CCc1ccccc1C(=O)NC(Cc1cnc[nH]1)C(=O)O. The molecule has 0 fully saturated rings. The fraction of sp³-hybridized carbons (Fsp3) is 0.267. The van der Waals surface area contributed by atoms with E-state index in [9.17, 15) is 14.7 Å². The van der Waals surface area contributed by atoms with E-state index in [1.54, 1.807) is 18.3 Å². The van der Waals surface area contributed by atoms with E-state index in [0.717, 1.165) is 5.56 Å². The molecule has 21 heavy (non-hydrogen) atoms. The molecule has 0 aliphatic carbocycles. The minimum absolute atomic E-state index is 0.162. The summed E-state index contributed by atoms with van der Waals surface area (Å²) in [7, 11) is 0. The molecule has 1 atom stereocenters. The van der Waals surface area contributed by atoms with Gasteiger partial charge in [0.25, 0.3) is 5.91 Å². The Kier molecular flexibility index (Phi) is 4.71. The number of amides is 1. The largest absolute Gasteiger partial charge is 0.480 e. The Hall–Kier alpha value is -2.63. The molecular formula is C15H17N3O3. The Morgan fingerprint density at radius 1 is 1.38 bits per heavy atom. The highest BCUT2D eigenvalue weighted by Gasteiger charge is 2.22. The smallest absolute Gasteiger partial charge is 0.326 e. The number of H-pyrrole nitrogens is 1. The first kappa shape index (κ1) is 14.8. The average molecular weight is 287 g/mol. The van der Waals surface area contributed by atoms with Crippen LogP contribution in [0.3, 0.4) is 0 Å². The Labute approximate surface area is 122 Å². The Bertz CT molecular complexity index is 623. The number of benzene rings is 1. The molecule has 1 unspecified atom stereocenters. The van der Waals surface area contributed by atoms with Gasteiger partial charge in [-0.1, -0.05) is 25.1 Å². The monoisotopic (exact) mass is 287 g/mol. The zero-order valence-corrected chi connectivity index (χ0v) is 11.7. The number of nitrogens with zero attached hydrogens (tertiary/aromatic N) is 1. The fourth-order valence-electron chi connectivity index (χ4n) is 2.10. The summed E-state index contributed by atoms with van der Waals surface area (Å²) in [6.07, 6.45) is 3.89. The second-order valence-electron chi connectivity index (χ2n) is 4.66. The number of imidazole rings is 1. The van der Waals surface area contributed by atoms with Crippen LogP contribution in [0.4, 0.5) is 0 Å². The molecule has 110 valence electrons. The third-order valence-corrected chi connectivity index (χ3v) is 3.23. The minimum Gasteiger partial charge on any atom is -0.480 e. The molecule has 0 aliphatic heterocycles. The van der Waals surface area contributed by atoms with Crippen LogP contribution in [0.1, 0.15) is 28.5 Å². The maximum absolute atomic E-state index is 12.3. The molecule has 0 aliphatic rings. The van der Waals surface area contributed by atoms with Crippen molar-refractivity contribution in [2.75, 3.05) is 0 Å². The maximum Gasteiger partial charge on any atom is 0.326 e. The number of aromatic amines is 1. The molecule has 1 amide bonds. The van der Waals surface area contributed by atoms with Crippen LogP contribution in [0.15, 0.2) is 36.8 Å². The van der Waals surface area contributed by atoms with E-state index in [1.165, 1.54) is 6.33 Å². The van der Waals surface area contributed by atoms with Crippen molar-refractivity contribution in [3.8, 4) is 0 Å². The molecule has 0 saturated carbocycles. The summed E-state index contributed by atoms with van der Waals surface area (Å²) < 4.78 is 0. The summed E-state index contributed by atoms with van der Waals surface area (Å²) in [5.74, 6) is -1.45. The number of aryl methyl sites for hydroxylation is 1. The highest BCUT2D eigenvalue weighted by molar-refractivity contribution is 5.97. The van der Waals surface area contributed by atoms with Gasteiger partial charge in [-0.05, 0) is 18.1 Å². The molecule has 0 saturated heterocycles. The van der Waals surface area contributed by atoms with E-state index >= 15 is 0 Å². The number of rotatable bonds is 6. The predicted molar refractivity (Wildman–Crippen MR) is 77.0 cm³/mol. The average Bonchev–Trinajstić information content (AvgIpc) is 2.99. The summed E-state index contributed by atoms with van der Waals surface area (Å²) in [4.78, 5) is 30.2. The lowest BCUT2D eigenvalue weighted by atomic mass is 10.0. The Morgan fingerprint density at radius 2 is 2.14 bits per heavy atom. The van der Waals surface area contributed by atoms with Gasteiger partial charge < -0.3 is 15.4 Å². The second-order valence-corrected chi connectivity index (χ2v) is 4.66. The molecule has 1 aromatic heterocycles. The zero-order valence-electron chi connectivity index (χ0n) is 11.7. The number of aromatic nitrogens is 2. The molecule has 0 spiro atoms. The molecule has 0 radical (unpaired) electrons. The second kappa shape index (κ2) is 6.69. The van der Waals surface area contributed by atoms with Crippen LogP contribution in [-0.4, -0.2) is 33.0 Å². The Morgan fingerprint density at radius 3 is 2.76 bits per heavy atom. The van der Waals surface area contributed by atoms with E-state index < -0.39 is 12.0 Å². The number of hydrogen-bond donors (Lipinski definition) is 3. The molecule has 2 aromatic rings. The van der Waals surface area contributed by atoms with Gasteiger partial charge in [-0.2, -0.15) is 0 Å². The third kappa shape index (κ3) is 3.68. The Balaban J connectivity index is 2.13. The lowest BCUT2D eigenvalue weighted by molar-refractivity contribution is -0.139. The van der Waals surface area contributed by atoms with Gasteiger partial charge in [0.15, 0.2) is 0 Å². The lowest BCUT2D eigenvalue weighted by Crippen LogP contribution is -2.42. The van der Waals surface area contributed by atoms with Crippen LogP contribution in [0.25, 0.3) is 0 Å². The summed E-state index contributed by atoms with van der Waals surface area (Å²) in [6.45, 7) is 1.95. The van der Waals surface area contributed by atoms with Gasteiger partial charge in [-0.3, -0.25) is 4.79 Å². The normalized spacial score (nSPS) is 11.9. The summed E-state index contributed by atoms with van der Waals surface area (Å²) in [5, 5.41) is 11.8. The molecule has 1 heterocycles. The van der Waals surface area contributed by atoms with Gasteiger partial charge in [0.05, 0.1) is 6.33 Å². The van der Waals surface area contributed by atoms with E-state index in [2.05, 4.69) is 15.3 Å². The fourth-order valence-corrected chi connectivity index (χ4v) is 2.10. The van der Waals surface area contributed by atoms with Crippen molar-refractivity contribution in [2.45, 2.75) is 25.8 Å². The first-order valence-electron chi connectivity index (χ1n) is 6.70. The predicted octanol–water partition coefficient (Wildman–Crippen LogP) is 1.40. The van der Waals surface area contributed by atoms with Gasteiger partial charge in [0.1, 0.15) is 6.04 Å². The van der Waals surface area contributed by atoms with Crippen LogP contribution >= 0.6 is 0 Å². The number of carbonyl (C=O) groups excluding carboxylic acids is 1. The van der Waals surface area contributed by atoms with E-state index in [-0.39, 0.29) is 12.3 Å². The maximum atomic E-state index is 12.3. The number of carboxylic acid groups (broad SMARTS) is 1. The van der Waals surface area contributed by atoms with Crippen molar-refractivity contribution >= 4 is 11.9 Å². The first-order valence-corrected chi connectivity index (χ1v) is 6.70. The van der Waals surface area contributed by atoms with Gasteiger partial charge in [0, 0.05) is 23.9 Å². The van der Waals surface area contributed by atoms with Crippen LogP contribution in [0.2, 0.25) is 0 Å². The molecular weight excluding hydrogens is 270 g/mol. The number of carbonyl (C=O) groups is 2. The summed E-state index contributed by atoms with van der Waals surface area (Å²) in [5.41, 5.74) is 2.06. The first-order chi connectivity index (χ1) is 10.1.